The van der Waals surface area contributed by atoms with Gasteiger partial charge in [0.15, 0.2) is 0 Å². The second-order valence-corrected chi connectivity index (χ2v) is 9.21. The predicted octanol–water partition coefficient (Wildman–Crippen LogP) is 3.93. The molecule has 2 saturated heterocycles. The maximum atomic E-state index is 12.9. The summed E-state index contributed by atoms with van der Waals surface area (Å²) in [5.74, 6) is 0.172. The number of benzene rings is 3. The number of nitrogens with one attached hydrogen (secondary N) is 1. The summed E-state index contributed by atoms with van der Waals surface area (Å²) in [5.41, 5.74) is 1.47. The van der Waals surface area contributed by atoms with Crippen LogP contribution in [0.3, 0.4) is 0 Å². The molecular formula is C25H24BrN3O2. The largest absolute Gasteiger partial charge is 0.337 e. The summed E-state index contributed by atoms with van der Waals surface area (Å²) in [6.45, 7) is 2.90. The molecule has 0 radical (unpaired) electrons. The third-order valence-corrected chi connectivity index (χ3v) is 6.90. The molecule has 3 aromatic carbocycles. The summed E-state index contributed by atoms with van der Waals surface area (Å²) >= 11 is 3.56. The van der Waals surface area contributed by atoms with Gasteiger partial charge in [0.05, 0.1) is 0 Å². The van der Waals surface area contributed by atoms with Crippen LogP contribution in [0.15, 0.2) is 71.2 Å². The standard InChI is InChI=1S/C25H24BrN3O2/c26-23-8-4-7-18-13-19(9-10-22(18)23)25(31)29-15-21(16-29)27-20-11-12-28(14-20)24(30)17-5-2-1-3-6-17/h1-10,13,20-21,27H,11-12,14-16H2. The van der Waals surface area contributed by atoms with E-state index in [0.29, 0.717) is 13.1 Å². The van der Waals surface area contributed by atoms with Crippen LogP contribution < -0.4 is 5.32 Å². The Kier molecular flexibility index (Phi) is 5.50. The molecule has 5 rings (SSSR count). The molecule has 0 saturated carbocycles. The maximum absolute atomic E-state index is 12.9. The molecule has 2 heterocycles. The average Bonchev–Trinajstić information content (AvgIpc) is 3.24. The Bertz CT molecular complexity index is 1130. The van der Waals surface area contributed by atoms with Crippen LogP contribution in [-0.2, 0) is 0 Å². The van der Waals surface area contributed by atoms with E-state index in [-0.39, 0.29) is 23.9 Å². The second kappa shape index (κ2) is 8.44. The normalized spacial score (nSPS) is 18.9. The quantitative estimate of drug-likeness (QED) is 0.619. The van der Waals surface area contributed by atoms with Crippen molar-refractivity contribution in [1.82, 2.24) is 15.1 Å². The third kappa shape index (κ3) is 4.10. The minimum atomic E-state index is 0.0761. The first-order valence-corrected chi connectivity index (χ1v) is 11.5. The number of halogens is 1. The summed E-state index contributed by atoms with van der Waals surface area (Å²) in [5, 5.41) is 5.80. The molecular weight excluding hydrogens is 454 g/mol. The van der Waals surface area contributed by atoms with Crippen LogP contribution in [-0.4, -0.2) is 59.9 Å². The molecule has 2 amide bonds. The van der Waals surface area contributed by atoms with Crippen molar-refractivity contribution in [2.45, 2.75) is 18.5 Å². The van der Waals surface area contributed by atoms with Crippen LogP contribution in [0.2, 0.25) is 0 Å². The highest BCUT2D eigenvalue weighted by Crippen LogP contribution is 2.26. The molecule has 1 unspecified atom stereocenters. The number of likely N-dealkylation sites (tertiary alicyclic amines) is 2. The van der Waals surface area contributed by atoms with Crippen LogP contribution >= 0.6 is 15.9 Å². The van der Waals surface area contributed by atoms with Gasteiger partial charge in [-0.3, -0.25) is 9.59 Å². The molecule has 1 atom stereocenters. The van der Waals surface area contributed by atoms with Crippen molar-refractivity contribution in [3.8, 4) is 0 Å². The van der Waals surface area contributed by atoms with Crippen molar-refractivity contribution < 1.29 is 9.59 Å². The lowest BCUT2D eigenvalue weighted by Crippen LogP contribution is -2.62. The second-order valence-electron chi connectivity index (χ2n) is 8.35. The van der Waals surface area contributed by atoms with Crippen molar-refractivity contribution in [2.75, 3.05) is 26.2 Å². The number of fused-ring (bicyclic) bond motifs is 1. The molecule has 158 valence electrons. The molecule has 1 N–H and O–H groups in total. The number of amides is 2. The van der Waals surface area contributed by atoms with Gasteiger partial charge >= 0.3 is 0 Å². The minimum absolute atomic E-state index is 0.0761. The van der Waals surface area contributed by atoms with E-state index in [1.807, 2.05) is 76.5 Å². The maximum Gasteiger partial charge on any atom is 0.253 e. The molecule has 2 aliphatic heterocycles. The van der Waals surface area contributed by atoms with Crippen LogP contribution in [0.4, 0.5) is 0 Å². The van der Waals surface area contributed by atoms with Crippen molar-refractivity contribution in [2.24, 2.45) is 0 Å². The number of hydrogen-bond donors (Lipinski definition) is 1. The number of carbonyl (C=O) groups excluding carboxylic acids is 2. The van der Waals surface area contributed by atoms with Gasteiger partial charge in [0.25, 0.3) is 11.8 Å². The van der Waals surface area contributed by atoms with Crippen molar-refractivity contribution in [3.05, 3.63) is 82.3 Å². The highest BCUT2D eigenvalue weighted by molar-refractivity contribution is 9.10. The van der Waals surface area contributed by atoms with E-state index < -0.39 is 0 Å². The molecule has 0 aromatic heterocycles. The van der Waals surface area contributed by atoms with Gasteiger partial charge in [-0.1, -0.05) is 52.3 Å². The van der Waals surface area contributed by atoms with Gasteiger partial charge in [0.2, 0.25) is 0 Å². The smallest absolute Gasteiger partial charge is 0.253 e. The lowest BCUT2D eigenvalue weighted by Gasteiger charge is -2.41. The zero-order valence-electron chi connectivity index (χ0n) is 17.1. The lowest BCUT2D eigenvalue weighted by molar-refractivity contribution is 0.0553. The number of nitrogens with zero attached hydrogens (tertiary/aromatic N) is 2. The molecule has 2 fully saturated rings. The van der Waals surface area contributed by atoms with Gasteiger partial charge in [-0.25, -0.2) is 0 Å². The van der Waals surface area contributed by atoms with E-state index in [0.717, 1.165) is 45.9 Å². The zero-order valence-corrected chi connectivity index (χ0v) is 18.7. The fraction of sp³-hybridized carbons (Fsp3) is 0.280. The molecule has 0 aliphatic carbocycles. The van der Waals surface area contributed by atoms with Crippen LogP contribution in [0.25, 0.3) is 10.8 Å². The Labute approximate surface area is 190 Å². The molecule has 31 heavy (non-hydrogen) atoms. The topological polar surface area (TPSA) is 52.7 Å². The Morgan fingerprint density at radius 1 is 0.806 bits per heavy atom. The fourth-order valence-corrected chi connectivity index (χ4v) is 5.00. The van der Waals surface area contributed by atoms with Crippen LogP contribution in [0, 0.1) is 0 Å². The van der Waals surface area contributed by atoms with Crippen LogP contribution in [0.5, 0.6) is 0 Å². The zero-order chi connectivity index (χ0) is 21.4. The Morgan fingerprint density at radius 3 is 2.35 bits per heavy atom. The molecule has 2 aliphatic rings. The van der Waals surface area contributed by atoms with Crippen molar-refractivity contribution in [1.29, 1.82) is 0 Å². The number of carbonyl (C=O) groups is 2. The first-order chi connectivity index (χ1) is 15.1. The van der Waals surface area contributed by atoms with Gasteiger partial charge in [-0.05, 0) is 47.5 Å². The summed E-state index contributed by atoms with van der Waals surface area (Å²) in [7, 11) is 0. The predicted molar refractivity (Wildman–Crippen MR) is 125 cm³/mol. The Balaban J connectivity index is 1.14. The molecule has 5 nitrogen and oxygen atoms in total. The lowest BCUT2D eigenvalue weighted by atomic mass is 10.0. The van der Waals surface area contributed by atoms with Gasteiger partial charge in [0, 0.05) is 53.9 Å². The fourth-order valence-electron chi connectivity index (χ4n) is 4.49. The molecule has 3 aromatic rings. The van der Waals surface area contributed by atoms with E-state index in [4.69, 9.17) is 0 Å². The third-order valence-electron chi connectivity index (χ3n) is 6.21. The monoisotopic (exact) mass is 477 g/mol. The molecule has 6 heteroatoms. The summed E-state index contributed by atoms with van der Waals surface area (Å²) < 4.78 is 1.04. The highest BCUT2D eigenvalue weighted by atomic mass is 79.9. The summed E-state index contributed by atoms with van der Waals surface area (Å²) in [4.78, 5) is 29.3. The van der Waals surface area contributed by atoms with Crippen molar-refractivity contribution >= 4 is 38.5 Å². The Morgan fingerprint density at radius 2 is 1.55 bits per heavy atom. The first kappa shape index (κ1) is 20.2. The summed E-state index contributed by atoms with van der Waals surface area (Å²) in [6, 6.07) is 21.9. The SMILES string of the molecule is O=C(c1ccccc1)N1CCC(NC2CN(C(=O)c3ccc4c(Br)cccc4c3)C2)C1. The van der Waals surface area contributed by atoms with Crippen LogP contribution in [0.1, 0.15) is 27.1 Å². The van der Waals surface area contributed by atoms with E-state index in [9.17, 15) is 9.59 Å². The Hall–Kier alpha value is -2.70. The van der Waals surface area contributed by atoms with E-state index in [1.54, 1.807) is 0 Å². The summed E-state index contributed by atoms with van der Waals surface area (Å²) in [6.07, 6.45) is 0.947. The molecule has 0 bridgehead atoms. The molecule has 0 spiro atoms. The highest BCUT2D eigenvalue weighted by Gasteiger charge is 2.35. The van der Waals surface area contributed by atoms with E-state index in [1.165, 1.54) is 0 Å². The van der Waals surface area contributed by atoms with Gasteiger partial charge < -0.3 is 15.1 Å². The number of hydrogen-bond acceptors (Lipinski definition) is 3. The van der Waals surface area contributed by atoms with Gasteiger partial charge in [0.1, 0.15) is 0 Å². The number of rotatable bonds is 4. The van der Waals surface area contributed by atoms with Gasteiger partial charge in [-0.15, -0.1) is 0 Å². The minimum Gasteiger partial charge on any atom is -0.337 e. The average molecular weight is 478 g/mol. The van der Waals surface area contributed by atoms with Crippen molar-refractivity contribution in [3.63, 3.8) is 0 Å². The van der Waals surface area contributed by atoms with Gasteiger partial charge in [-0.2, -0.15) is 0 Å². The van der Waals surface area contributed by atoms with E-state index in [2.05, 4.69) is 21.2 Å². The van der Waals surface area contributed by atoms with E-state index >= 15 is 0 Å². The first-order valence-electron chi connectivity index (χ1n) is 10.7.